The average molecular weight is 266 g/mol. The van der Waals surface area contributed by atoms with Gasteiger partial charge in [-0.1, -0.05) is 29.8 Å². The molecule has 0 radical (unpaired) electrons. The number of benzene rings is 1. The number of halogens is 1. The van der Waals surface area contributed by atoms with Crippen molar-refractivity contribution in [1.29, 1.82) is 0 Å². The molecule has 1 atom stereocenters. The molecule has 1 unspecified atom stereocenters. The number of fused-ring (bicyclic) bond motifs is 1. The molecule has 18 heavy (non-hydrogen) atoms. The van der Waals surface area contributed by atoms with Gasteiger partial charge in [0.15, 0.2) is 5.96 Å². The predicted molar refractivity (Wildman–Crippen MR) is 74.1 cm³/mol. The summed E-state index contributed by atoms with van der Waals surface area (Å²) in [4.78, 5) is 4.17. The Kier molecular flexibility index (Phi) is 3.77. The first-order chi connectivity index (χ1) is 8.58. The molecule has 2 rings (SSSR count). The van der Waals surface area contributed by atoms with Crippen LogP contribution in [0, 0.1) is 0 Å². The maximum absolute atomic E-state index is 6.16. The summed E-state index contributed by atoms with van der Waals surface area (Å²) >= 11 is 6.16. The quantitative estimate of drug-likeness (QED) is 0.501. The lowest BCUT2D eigenvalue weighted by atomic mass is 10.1. The Morgan fingerprint density at radius 1 is 1.67 bits per heavy atom. The number of rotatable bonds is 3. The van der Waals surface area contributed by atoms with Crippen LogP contribution < -0.4 is 15.8 Å². The van der Waals surface area contributed by atoms with E-state index in [1.807, 2.05) is 25.1 Å². The molecule has 5 heteroatoms. The van der Waals surface area contributed by atoms with Crippen LogP contribution in [0.15, 0.2) is 35.3 Å². The van der Waals surface area contributed by atoms with Crippen LogP contribution in [0.25, 0.3) is 0 Å². The fraction of sp³-hybridized carbons (Fsp3) is 0.308. The Bertz CT molecular complexity index is 499. The summed E-state index contributed by atoms with van der Waals surface area (Å²) < 4.78 is 5.54. The number of nitrogens with one attached hydrogen (secondary N) is 1. The van der Waals surface area contributed by atoms with Gasteiger partial charge in [-0.3, -0.25) is 0 Å². The molecule has 0 bridgehead atoms. The minimum Gasteiger partial charge on any atom is -0.491 e. The minimum absolute atomic E-state index is 0.0532. The molecule has 0 aliphatic carbocycles. The third-order valence-corrected chi connectivity index (χ3v) is 2.94. The zero-order valence-corrected chi connectivity index (χ0v) is 11.0. The van der Waals surface area contributed by atoms with Crippen molar-refractivity contribution in [2.45, 2.75) is 13.0 Å². The zero-order valence-electron chi connectivity index (χ0n) is 10.2. The maximum Gasteiger partial charge on any atom is 0.189 e. The minimum atomic E-state index is -0.0532. The highest BCUT2D eigenvalue weighted by Gasteiger charge is 2.26. The molecular weight excluding hydrogens is 250 g/mol. The van der Waals surface area contributed by atoms with Crippen molar-refractivity contribution in [2.75, 3.05) is 13.2 Å². The summed E-state index contributed by atoms with van der Waals surface area (Å²) in [6.45, 7) is 6.70. The highest BCUT2D eigenvalue weighted by Crippen LogP contribution is 2.37. The van der Waals surface area contributed by atoms with Gasteiger partial charge in [-0.2, -0.15) is 0 Å². The number of hydrogen-bond acceptors (Lipinski definition) is 2. The highest BCUT2D eigenvalue weighted by molar-refractivity contribution is 6.31. The topological polar surface area (TPSA) is 59.6 Å². The van der Waals surface area contributed by atoms with E-state index >= 15 is 0 Å². The van der Waals surface area contributed by atoms with E-state index in [2.05, 4.69) is 16.9 Å². The summed E-state index contributed by atoms with van der Waals surface area (Å²) in [6.07, 6.45) is 0. The molecule has 1 aromatic carbocycles. The summed E-state index contributed by atoms with van der Waals surface area (Å²) in [5.41, 5.74) is 7.70. The van der Waals surface area contributed by atoms with Gasteiger partial charge in [-0.25, -0.2) is 4.99 Å². The Hall–Kier alpha value is -1.68. The van der Waals surface area contributed by atoms with Gasteiger partial charge in [0.2, 0.25) is 0 Å². The molecule has 1 aliphatic heterocycles. The average Bonchev–Trinajstić information content (AvgIpc) is 2.71. The lowest BCUT2D eigenvalue weighted by Gasteiger charge is -2.13. The number of guanidine groups is 1. The lowest BCUT2D eigenvalue weighted by Crippen LogP contribution is -2.36. The highest BCUT2D eigenvalue weighted by atomic mass is 35.5. The van der Waals surface area contributed by atoms with Crippen molar-refractivity contribution < 1.29 is 4.74 Å². The van der Waals surface area contributed by atoms with Crippen LogP contribution in [0.4, 0.5) is 0 Å². The second kappa shape index (κ2) is 5.31. The van der Waals surface area contributed by atoms with Crippen molar-refractivity contribution in [3.8, 4) is 5.75 Å². The third-order valence-electron chi connectivity index (χ3n) is 2.61. The van der Waals surface area contributed by atoms with Crippen LogP contribution in [0.2, 0.25) is 5.02 Å². The zero-order chi connectivity index (χ0) is 13.1. The Balaban J connectivity index is 2.10. The monoisotopic (exact) mass is 265 g/mol. The van der Waals surface area contributed by atoms with E-state index in [0.717, 1.165) is 16.9 Å². The second-order valence-electron chi connectivity index (χ2n) is 4.32. The fourth-order valence-corrected chi connectivity index (χ4v) is 2.09. The predicted octanol–water partition coefficient (Wildman–Crippen LogP) is 2.25. The van der Waals surface area contributed by atoms with Gasteiger partial charge in [0.05, 0.1) is 12.6 Å². The van der Waals surface area contributed by atoms with Crippen molar-refractivity contribution in [1.82, 2.24) is 5.32 Å². The van der Waals surface area contributed by atoms with E-state index < -0.39 is 0 Å². The number of hydrogen-bond donors (Lipinski definition) is 2. The van der Waals surface area contributed by atoms with Crippen LogP contribution in [-0.2, 0) is 0 Å². The Morgan fingerprint density at radius 2 is 2.44 bits per heavy atom. The molecular formula is C13H16ClN3O. The number of nitrogens with zero attached hydrogens (tertiary/aromatic N) is 1. The van der Waals surface area contributed by atoms with Crippen LogP contribution in [0.1, 0.15) is 18.5 Å². The van der Waals surface area contributed by atoms with Gasteiger partial charge in [0.1, 0.15) is 12.4 Å². The van der Waals surface area contributed by atoms with E-state index in [4.69, 9.17) is 22.1 Å². The number of nitrogens with two attached hydrogens (primary N) is 1. The van der Waals surface area contributed by atoms with Gasteiger partial charge in [0.25, 0.3) is 0 Å². The molecule has 0 fully saturated rings. The third kappa shape index (κ3) is 2.76. The van der Waals surface area contributed by atoms with Crippen LogP contribution in [-0.4, -0.2) is 19.1 Å². The fourth-order valence-electron chi connectivity index (χ4n) is 1.80. The number of aliphatic imine (C=N–C) groups is 1. The van der Waals surface area contributed by atoms with E-state index in [0.29, 0.717) is 24.1 Å². The van der Waals surface area contributed by atoms with Crippen molar-refractivity contribution in [2.24, 2.45) is 10.7 Å². The second-order valence-corrected chi connectivity index (χ2v) is 4.73. The van der Waals surface area contributed by atoms with Gasteiger partial charge in [-0.05, 0) is 19.1 Å². The Morgan fingerprint density at radius 3 is 3.17 bits per heavy atom. The van der Waals surface area contributed by atoms with Crippen LogP contribution >= 0.6 is 11.6 Å². The first-order valence-corrected chi connectivity index (χ1v) is 6.07. The molecule has 4 nitrogen and oxygen atoms in total. The Labute approximate surface area is 111 Å². The molecule has 1 aromatic rings. The first kappa shape index (κ1) is 12.8. The van der Waals surface area contributed by atoms with E-state index in [1.54, 1.807) is 0 Å². The normalized spacial score (nSPS) is 18.1. The van der Waals surface area contributed by atoms with Gasteiger partial charge in [0, 0.05) is 10.6 Å². The molecule has 0 spiro atoms. The van der Waals surface area contributed by atoms with E-state index in [-0.39, 0.29) is 6.04 Å². The van der Waals surface area contributed by atoms with Gasteiger partial charge in [-0.15, -0.1) is 0 Å². The van der Waals surface area contributed by atoms with Crippen molar-refractivity contribution >= 4 is 17.6 Å². The molecule has 0 amide bonds. The molecule has 1 heterocycles. The molecule has 1 aliphatic rings. The molecule has 96 valence electrons. The van der Waals surface area contributed by atoms with Crippen molar-refractivity contribution in [3.63, 3.8) is 0 Å². The molecule has 0 aromatic heterocycles. The maximum atomic E-state index is 6.16. The molecule has 0 saturated carbocycles. The first-order valence-electron chi connectivity index (χ1n) is 5.70. The summed E-state index contributed by atoms with van der Waals surface area (Å²) in [5, 5.41) is 3.78. The van der Waals surface area contributed by atoms with E-state index in [9.17, 15) is 0 Å². The summed E-state index contributed by atoms with van der Waals surface area (Å²) in [7, 11) is 0. The van der Waals surface area contributed by atoms with Crippen LogP contribution in [0.3, 0.4) is 0 Å². The smallest absolute Gasteiger partial charge is 0.189 e. The van der Waals surface area contributed by atoms with Crippen LogP contribution in [0.5, 0.6) is 5.75 Å². The standard InChI is InChI=1S/C13H16ClN3O/c1-8(2)6-16-13(15)17-10-7-18-11-5-3-4-9(14)12(10)11/h3-5,10H,1,6-7H2,2H3,(H3,15,16,17). The van der Waals surface area contributed by atoms with Crippen molar-refractivity contribution in [3.05, 3.63) is 40.9 Å². The lowest BCUT2D eigenvalue weighted by molar-refractivity contribution is 0.324. The SMILES string of the molecule is C=C(C)CN=C(N)NC1COc2cccc(Cl)c21. The molecule has 3 N–H and O–H groups in total. The van der Waals surface area contributed by atoms with Gasteiger partial charge >= 0.3 is 0 Å². The summed E-state index contributed by atoms with van der Waals surface area (Å²) in [5.74, 6) is 1.17. The van der Waals surface area contributed by atoms with Gasteiger partial charge < -0.3 is 15.8 Å². The molecule has 0 saturated heterocycles. The van der Waals surface area contributed by atoms with E-state index in [1.165, 1.54) is 0 Å². The summed E-state index contributed by atoms with van der Waals surface area (Å²) in [6, 6.07) is 5.54. The number of ether oxygens (including phenoxy) is 1. The largest absolute Gasteiger partial charge is 0.491 e.